The largest absolute Gasteiger partial charge is 0.497 e. The van der Waals surface area contributed by atoms with Crippen molar-refractivity contribution < 1.29 is 19.0 Å². The minimum Gasteiger partial charge on any atom is -0.497 e. The molecule has 3 heterocycles. The number of urea groups is 1. The molecule has 0 unspecified atom stereocenters. The molecule has 2 aliphatic heterocycles. The highest BCUT2D eigenvalue weighted by molar-refractivity contribution is 5.90. The molecule has 2 aromatic rings. The number of amides is 2. The molecule has 1 N–H and O–H groups in total. The minimum absolute atomic E-state index is 0.146. The number of morpholine rings is 1. The quantitative estimate of drug-likeness (QED) is 0.752. The molecule has 1 aromatic heterocycles. The third-order valence-corrected chi connectivity index (χ3v) is 5.62. The SMILES string of the molecule is COc1cc(NC(=O)N2CCN(c3cc(C)nc(N4CCOCC4)n3)CC2)cc(OC)c1. The molecule has 172 valence electrons. The topological polar surface area (TPSA) is 92.3 Å². The fraction of sp³-hybridized carbons (Fsp3) is 0.500. The predicted molar refractivity (Wildman–Crippen MR) is 122 cm³/mol. The number of aromatic nitrogens is 2. The van der Waals surface area contributed by atoms with Gasteiger partial charge in [-0.3, -0.25) is 0 Å². The van der Waals surface area contributed by atoms with Gasteiger partial charge in [0.25, 0.3) is 0 Å². The van der Waals surface area contributed by atoms with E-state index < -0.39 is 0 Å². The molecule has 0 saturated carbocycles. The fourth-order valence-electron chi connectivity index (χ4n) is 3.82. The van der Waals surface area contributed by atoms with Gasteiger partial charge < -0.3 is 34.2 Å². The first-order valence-corrected chi connectivity index (χ1v) is 10.8. The van der Waals surface area contributed by atoms with Gasteiger partial charge in [0.2, 0.25) is 5.95 Å². The van der Waals surface area contributed by atoms with Crippen LogP contribution >= 0.6 is 0 Å². The van der Waals surface area contributed by atoms with Gasteiger partial charge in [0.15, 0.2) is 0 Å². The van der Waals surface area contributed by atoms with Crippen LogP contribution in [-0.2, 0) is 4.74 Å². The lowest BCUT2D eigenvalue weighted by molar-refractivity contribution is 0.122. The zero-order chi connectivity index (χ0) is 22.5. The van der Waals surface area contributed by atoms with Gasteiger partial charge in [-0.05, 0) is 6.92 Å². The van der Waals surface area contributed by atoms with E-state index in [4.69, 9.17) is 19.2 Å². The molecule has 2 fully saturated rings. The number of hydrogen-bond donors (Lipinski definition) is 1. The Balaban J connectivity index is 1.38. The van der Waals surface area contributed by atoms with Gasteiger partial charge in [-0.15, -0.1) is 0 Å². The van der Waals surface area contributed by atoms with Crippen molar-refractivity contribution in [3.63, 3.8) is 0 Å². The summed E-state index contributed by atoms with van der Waals surface area (Å²) >= 11 is 0. The maximum Gasteiger partial charge on any atom is 0.321 e. The van der Waals surface area contributed by atoms with Crippen LogP contribution < -0.4 is 24.6 Å². The van der Waals surface area contributed by atoms with E-state index >= 15 is 0 Å². The molecule has 4 rings (SSSR count). The Kier molecular flexibility index (Phi) is 6.79. The third-order valence-electron chi connectivity index (χ3n) is 5.62. The maximum absolute atomic E-state index is 12.8. The second-order valence-electron chi connectivity index (χ2n) is 7.77. The number of nitrogens with zero attached hydrogens (tertiary/aromatic N) is 5. The number of ether oxygens (including phenoxy) is 3. The molecule has 1 aromatic carbocycles. The maximum atomic E-state index is 12.8. The average Bonchev–Trinajstić information content (AvgIpc) is 2.84. The first kappa shape index (κ1) is 21.9. The molecule has 0 spiro atoms. The molecule has 2 saturated heterocycles. The Morgan fingerprint density at radius 2 is 1.56 bits per heavy atom. The van der Waals surface area contributed by atoms with E-state index in [2.05, 4.69) is 20.1 Å². The monoisotopic (exact) mass is 442 g/mol. The third kappa shape index (κ3) is 5.13. The van der Waals surface area contributed by atoms with Crippen molar-refractivity contribution >= 4 is 23.5 Å². The minimum atomic E-state index is -0.146. The van der Waals surface area contributed by atoms with E-state index in [-0.39, 0.29) is 6.03 Å². The average molecular weight is 443 g/mol. The van der Waals surface area contributed by atoms with E-state index in [1.807, 2.05) is 13.0 Å². The number of hydrogen-bond acceptors (Lipinski definition) is 8. The lowest BCUT2D eigenvalue weighted by Crippen LogP contribution is -2.50. The lowest BCUT2D eigenvalue weighted by atomic mass is 10.2. The molecule has 2 aliphatic rings. The molecule has 0 bridgehead atoms. The number of carbonyl (C=O) groups excluding carboxylic acids is 1. The molecule has 10 heteroatoms. The second kappa shape index (κ2) is 9.90. The van der Waals surface area contributed by atoms with E-state index in [1.54, 1.807) is 37.3 Å². The summed E-state index contributed by atoms with van der Waals surface area (Å²) in [6, 6.07) is 7.17. The summed E-state index contributed by atoms with van der Waals surface area (Å²) in [4.78, 5) is 28.4. The second-order valence-corrected chi connectivity index (χ2v) is 7.77. The Labute approximate surface area is 188 Å². The van der Waals surface area contributed by atoms with Crippen LogP contribution in [0.15, 0.2) is 24.3 Å². The number of anilines is 3. The first-order chi connectivity index (χ1) is 15.6. The number of methoxy groups -OCH3 is 2. The predicted octanol–water partition coefficient (Wildman–Crippen LogP) is 1.99. The summed E-state index contributed by atoms with van der Waals surface area (Å²) in [7, 11) is 3.16. The zero-order valence-corrected chi connectivity index (χ0v) is 18.8. The van der Waals surface area contributed by atoms with Crippen LogP contribution in [0.4, 0.5) is 22.2 Å². The van der Waals surface area contributed by atoms with Gasteiger partial charge in [-0.1, -0.05) is 0 Å². The molecular formula is C22H30N6O4. The van der Waals surface area contributed by atoms with Gasteiger partial charge in [0.05, 0.1) is 27.4 Å². The molecule has 0 radical (unpaired) electrons. The highest BCUT2D eigenvalue weighted by Crippen LogP contribution is 2.26. The zero-order valence-electron chi connectivity index (χ0n) is 18.8. The van der Waals surface area contributed by atoms with Crippen LogP contribution in [-0.4, -0.2) is 87.6 Å². The lowest BCUT2D eigenvalue weighted by Gasteiger charge is -2.36. The van der Waals surface area contributed by atoms with Gasteiger partial charge in [0.1, 0.15) is 17.3 Å². The van der Waals surface area contributed by atoms with Crippen molar-refractivity contribution in [2.75, 3.05) is 81.8 Å². The summed E-state index contributed by atoms with van der Waals surface area (Å²) in [6.45, 7) is 7.58. The van der Waals surface area contributed by atoms with Gasteiger partial charge in [-0.2, -0.15) is 4.98 Å². The van der Waals surface area contributed by atoms with Crippen LogP contribution in [0.3, 0.4) is 0 Å². The van der Waals surface area contributed by atoms with Crippen LogP contribution in [0.5, 0.6) is 11.5 Å². The van der Waals surface area contributed by atoms with Crippen molar-refractivity contribution in [1.82, 2.24) is 14.9 Å². The number of nitrogens with one attached hydrogen (secondary N) is 1. The number of aryl methyl sites for hydroxylation is 1. The van der Waals surface area contributed by atoms with Crippen LogP contribution in [0, 0.1) is 6.92 Å². The van der Waals surface area contributed by atoms with Crippen LogP contribution in [0.1, 0.15) is 5.69 Å². The molecule has 10 nitrogen and oxygen atoms in total. The van der Waals surface area contributed by atoms with Crippen molar-refractivity contribution in [3.8, 4) is 11.5 Å². The Morgan fingerprint density at radius 3 is 2.19 bits per heavy atom. The fourth-order valence-corrected chi connectivity index (χ4v) is 3.82. The highest BCUT2D eigenvalue weighted by atomic mass is 16.5. The Morgan fingerprint density at radius 1 is 0.906 bits per heavy atom. The Hall–Kier alpha value is -3.27. The van der Waals surface area contributed by atoms with Gasteiger partial charge in [-0.25, -0.2) is 9.78 Å². The van der Waals surface area contributed by atoms with Crippen molar-refractivity contribution in [2.24, 2.45) is 0 Å². The van der Waals surface area contributed by atoms with Crippen molar-refractivity contribution in [1.29, 1.82) is 0 Å². The number of rotatable bonds is 5. The Bertz CT molecular complexity index is 920. The summed E-state index contributed by atoms with van der Waals surface area (Å²) in [5.74, 6) is 2.89. The number of piperazine rings is 1. The van der Waals surface area contributed by atoms with E-state index in [0.717, 1.165) is 30.5 Å². The highest BCUT2D eigenvalue weighted by Gasteiger charge is 2.24. The number of carbonyl (C=O) groups is 1. The van der Waals surface area contributed by atoms with E-state index in [9.17, 15) is 4.79 Å². The van der Waals surface area contributed by atoms with Crippen LogP contribution in [0.2, 0.25) is 0 Å². The van der Waals surface area contributed by atoms with Gasteiger partial charge >= 0.3 is 6.03 Å². The molecule has 0 aliphatic carbocycles. The standard InChI is InChI=1S/C22H30N6O4/c1-16-12-20(25-21(23-16)27-8-10-32-11-9-27)26-4-6-28(7-5-26)22(29)24-17-13-18(30-2)15-19(14-17)31-3/h12-15H,4-11H2,1-3H3,(H,24,29). The number of benzene rings is 1. The van der Waals surface area contributed by atoms with Crippen molar-refractivity contribution in [2.45, 2.75) is 6.92 Å². The normalized spacial score (nSPS) is 16.7. The van der Waals surface area contributed by atoms with E-state index in [0.29, 0.717) is 56.6 Å². The smallest absolute Gasteiger partial charge is 0.321 e. The molecule has 0 atom stereocenters. The van der Waals surface area contributed by atoms with Gasteiger partial charge in [0, 0.05) is 74.9 Å². The molecular weight excluding hydrogens is 412 g/mol. The molecule has 32 heavy (non-hydrogen) atoms. The summed E-state index contributed by atoms with van der Waals surface area (Å²) in [5.41, 5.74) is 1.57. The first-order valence-electron chi connectivity index (χ1n) is 10.8. The van der Waals surface area contributed by atoms with Crippen molar-refractivity contribution in [3.05, 3.63) is 30.0 Å². The summed E-state index contributed by atoms with van der Waals surface area (Å²) in [6.07, 6.45) is 0. The molecule has 2 amide bonds. The summed E-state index contributed by atoms with van der Waals surface area (Å²) < 4.78 is 16.0. The summed E-state index contributed by atoms with van der Waals surface area (Å²) in [5, 5.41) is 2.94. The van der Waals surface area contributed by atoms with Crippen LogP contribution in [0.25, 0.3) is 0 Å². The van der Waals surface area contributed by atoms with E-state index in [1.165, 1.54) is 0 Å².